The summed E-state index contributed by atoms with van der Waals surface area (Å²) in [5.41, 5.74) is 4.28. The Hall–Kier alpha value is -2.17. The Labute approximate surface area is 89.5 Å². The van der Waals surface area contributed by atoms with Gasteiger partial charge in [-0.3, -0.25) is 4.79 Å². The first-order valence-electron chi connectivity index (χ1n) is 4.43. The van der Waals surface area contributed by atoms with Crippen LogP contribution in [0.3, 0.4) is 0 Å². The monoisotopic (exact) mass is 223 g/mol. The lowest BCUT2D eigenvalue weighted by molar-refractivity contribution is 0.100. The highest BCUT2D eigenvalue weighted by Crippen LogP contribution is 2.21. The summed E-state index contributed by atoms with van der Waals surface area (Å²) in [4.78, 5) is 11.7. The zero-order chi connectivity index (χ0) is 11.7. The number of hydrogen-bond donors (Lipinski definition) is 1. The van der Waals surface area contributed by atoms with Crippen LogP contribution >= 0.6 is 0 Å². The first-order valence-corrected chi connectivity index (χ1v) is 4.43. The van der Waals surface area contributed by atoms with E-state index in [0.717, 1.165) is 12.1 Å². The van der Waals surface area contributed by atoms with Crippen molar-refractivity contribution in [3.05, 3.63) is 53.5 Å². The molecule has 5 heteroatoms. The minimum absolute atomic E-state index is 0.136. The lowest BCUT2D eigenvalue weighted by Gasteiger charge is -2.04. The molecule has 3 nitrogen and oxygen atoms in total. The maximum absolute atomic E-state index is 13.5. The molecule has 0 saturated heterocycles. The SMILES string of the molecule is Nc1ccc(F)c(C(=O)c2ccco2)c1F. The average Bonchev–Trinajstić information content (AvgIpc) is 2.77. The van der Waals surface area contributed by atoms with E-state index in [1.54, 1.807) is 0 Å². The molecule has 0 unspecified atom stereocenters. The Morgan fingerprint density at radius 1 is 1.25 bits per heavy atom. The summed E-state index contributed by atoms with van der Waals surface area (Å²) < 4.78 is 31.6. The second kappa shape index (κ2) is 3.77. The van der Waals surface area contributed by atoms with Crippen LogP contribution in [0, 0.1) is 11.6 Å². The Balaban J connectivity index is 2.56. The van der Waals surface area contributed by atoms with Gasteiger partial charge in [0.15, 0.2) is 11.6 Å². The summed E-state index contributed by atoms with van der Waals surface area (Å²) in [6, 6.07) is 4.78. The van der Waals surface area contributed by atoms with Gasteiger partial charge in [0.25, 0.3) is 0 Å². The Morgan fingerprint density at radius 3 is 2.62 bits per heavy atom. The van der Waals surface area contributed by atoms with E-state index in [-0.39, 0.29) is 11.4 Å². The summed E-state index contributed by atoms with van der Waals surface area (Å²) in [5.74, 6) is -3.04. The zero-order valence-corrected chi connectivity index (χ0v) is 8.04. The van der Waals surface area contributed by atoms with Gasteiger partial charge in [0.05, 0.1) is 17.5 Å². The quantitative estimate of drug-likeness (QED) is 0.628. The maximum atomic E-state index is 13.5. The maximum Gasteiger partial charge on any atom is 0.234 e. The fourth-order valence-corrected chi connectivity index (χ4v) is 1.31. The number of carbonyl (C=O) groups is 1. The summed E-state index contributed by atoms with van der Waals surface area (Å²) in [5, 5.41) is 0. The summed E-state index contributed by atoms with van der Waals surface area (Å²) >= 11 is 0. The number of ketones is 1. The van der Waals surface area contributed by atoms with Crippen molar-refractivity contribution in [2.24, 2.45) is 0 Å². The molecule has 0 fully saturated rings. The third kappa shape index (κ3) is 1.56. The molecule has 1 heterocycles. The molecule has 1 aromatic heterocycles. The molecule has 0 atom stereocenters. The molecular formula is C11H7F2NO2. The van der Waals surface area contributed by atoms with Gasteiger partial charge in [0, 0.05) is 0 Å². The van der Waals surface area contributed by atoms with Crippen molar-refractivity contribution in [1.82, 2.24) is 0 Å². The van der Waals surface area contributed by atoms with E-state index in [1.165, 1.54) is 18.4 Å². The molecule has 82 valence electrons. The van der Waals surface area contributed by atoms with E-state index in [4.69, 9.17) is 10.2 Å². The van der Waals surface area contributed by atoms with Crippen molar-refractivity contribution in [1.29, 1.82) is 0 Å². The van der Waals surface area contributed by atoms with Crippen LogP contribution in [0.1, 0.15) is 16.1 Å². The van der Waals surface area contributed by atoms with Crippen LogP contribution in [-0.4, -0.2) is 5.78 Å². The number of furan rings is 1. The van der Waals surface area contributed by atoms with E-state index in [0.29, 0.717) is 0 Å². The molecule has 0 aliphatic rings. The van der Waals surface area contributed by atoms with Gasteiger partial charge in [0.1, 0.15) is 5.82 Å². The highest BCUT2D eigenvalue weighted by Gasteiger charge is 2.22. The number of nitrogen functional groups attached to an aromatic ring is 1. The predicted molar refractivity (Wildman–Crippen MR) is 52.9 cm³/mol. The van der Waals surface area contributed by atoms with Crippen LogP contribution in [0.15, 0.2) is 34.9 Å². The number of rotatable bonds is 2. The highest BCUT2D eigenvalue weighted by atomic mass is 19.1. The van der Waals surface area contributed by atoms with Crippen molar-refractivity contribution < 1.29 is 18.0 Å². The molecule has 0 aliphatic heterocycles. The molecule has 0 aliphatic carbocycles. The number of benzene rings is 1. The van der Waals surface area contributed by atoms with E-state index >= 15 is 0 Å². The van der Waals surface area contributed by atoms with Gasteiger partial charge in [-0.1, -0.05) is 0 Å². The standard InChI is InChI=1S/C11H7F2NO2/c12-6-3-4-7(14)10(13)9(6)11(15)8-2-1-5-16-8/h1-5H,14H2. The first-order chi connectivity index (χ1) is 7.61. The smallest absolute Gasteiger partial charge is 0.234 e. The van der Waals surface area contributed by atoms with Crippen LogP contribution in [0.25, 0.3) is 0 Å². The zero-order valence-electron chi connectivity index (χ0n) is 8.04. The molecule has 1 aromatic carbocycles. The highest BCUT2D eigenvalue weighted by molar-refractivity contribution is 6.07. The first kappa shape index (κ1) is 10.4. The number of hydrogen-bond acceptors (Lipinski definition) is 3. The normalized spacial score (nSPS) is 10.4. The van der Waals surface area contributed by atoms with Crippen molar-refractivity contribution in [3.63, 3.8) is 0 Å². The summed E-state index contributed by atoms with van der Waals surface area (Å²) in [6.45, 7) is 0. The summed E-state index contributed by atoms with van der Waals surface area (Å²) in [7, 11) is 0. The van der Waals surface area contributed by atoms with Gasteiger partial charge in [0.2, 0.25) is 5.78 Å². The third-order valence-corrected chi connectivity index (χ3v) is 2.09. The fraction of sp³-hybridized carbons (Fsp3) is 0. The minimum atomic E-state index is -1.07. The molecule has 0 bridgehead atoms. The van der Waals surface area contributed by atoms with Crippen LogP contribution in [-0.2, 0) is 0 Å². The molecule has 2 N–H and O–H groups in total. The molecular weight excluding hydrogens is 216 g/mol. The van der Waals surface area contributed by atoms with Gasteiger partial charge in [-0.15, -0.1) is 0 Å². The second-order valence-corrected chi connectivity index (χ2v) is 3.13. The fourth-order valence-electron chi connectivity index (χ4n) is 1.31. The number of nitrogens with two attached hydrogens (primary N) is 1. The molecule has 0 amide bonds. The van der Waals surface area contributed by atoms with Crippen LogP contribution in [0.4, 0.5) is 14.5 Å². The third-order valence-electron chi connectivity index (χ3n) is 2.09. The molecule has 16 heavy (non-hydrogen) atoms. The number of anilines is 1. The largest absolute Gasteiger partial charge is 0.461 e. The van der Waals surface area contributed by atoms with Gasteiger partial charge < -0.3 is 10.2 Å². The number of carbonyl (C=O) groups excluding carboxylic acids is 1. The van der Waals surface area contributed by atoms with E-state index in [2.05, 4.69) is 0 Å². The lowest BCUT2D eigenvalue weighted by atomic mass is 10.1. The van der Waals surface area contributed by atoms with Crippen molar-refractivity contribution in [3.8, 4) is 0 Å². The molecule has 0 radical (unpaired) electrons. The predicted octanol–water partition coefficient (Wildman–Crippen LogP) is 2.37. The van der Waals surface area contributed by atoms with Crippen LogP contribution in [0.5, 0.6) is 0 Å². The Bertz CT molecular complexity index is 535. The van der Waals surface area contributed by atoms with Gasteiger partial charge in [-0.05, 0) is 24.3 Å². The second-order valence-electron chi connectivity index (χ2n) is 3.13. The average molecular weight is 223 g/mol. The van der Waals surface area contributed by atoms with Crippen molar-refractivity contribution in [2.45, 2.75) is 0 Å². The molecule has 2 aromatic rings. The Morgan fingerprint density at radius 2 is 2.00 bits per heavy atom. The van der Waals surface area contributed by atoms with Crippen molar-refractivity contribution in [2.75, 3.05) is 5.73 Å². The van der Waals surface area contributed by atoms with Gasteiger partial charge >= 0.3 is 0 Å². The van der Waals surface area contributed by atoms with Crippen LogP contribution in [0.2, 0.25) is 0 Å². The van der Waals surface area contributed by atoms with Gasteiger partial charge in [-0.2, -0.15) is 0 Å². The van der Waals surface area contributed by atoms with Crippen LogP contribution < -0.4 is 5.73 Å². The molecule has 2 rings (SSSR count). The number of halogens is 2. The van der Waals surface area contributed by atoms with E-state index in [9.17, 15) is 13.6 Å². The molecule has 0 spiro atoms. The molecule has 0 saturated carbocycles. The topological polar surface area (TPSA) is 56.2 Å². The van der Waals surface area contributed by atoms with Crippen molar-refractivity contribution >= 4 is 11.5 Å². The lowest BCUT2D eigenvalue weighted by Crippen LogP contribution is -2.08. The van der Waals surface area contributed by atoms with E-state index in [1.807, 2.05) is 0 Å². The van der Waals surface area contributed by atoms with E-state index < -0.39 is 23.0 Å². The summed E-state index contributed by atoms with van der Waals surface area (Å²) in [6.07, 6.45) is 1.25. The Kier molecular flexibility index (Phi) is 2.44. The van der Waals surface area contributed by atoms with Gasteiger partial charge in [-0.25, -0.2) is 8.78 Å². The minimum Gasteiger partial charge on any atom is -0.461 e.